The molecule has 116 valence electrons. The summed E-state index contributed by atoms with van der Waals surface area (Å²) in [6, 6.07) is 5.24. The first-order valence-electron chi connectivity index (χ1n) is 5.85. The summed E-state index contributed by atoms with van der Waals surface area (Å²) in [5, 5.41) is 10.8. The average molecular weight is 329 g/mol. The average Bonchev–Trinajstić information content (AvgIpc) is 2.42. The first kappa shape index (κ1) is 15.8. The van der Waals surface area contributed by atoms with Gasteiger partial charge in [-0.1, -0.05) is 6.07 Å². The Hall–Kier alpha value is -2.55. The predicted molar refractivity (Wildman–Crippen MR) is 72.0 cm³/mol. The lowest BCUT2D eigenvalue weighted by Crippen LogP contribution is -2.11. The van der Waals surface area contributed by atoms with Crippen LogP contribution in [-0.4, -0.2) is 13.3 Å². The summed E-state index contributed by atoms with van der Waals surface area (Å²) in [4.78, 5) is 9.57. The molecule has 6 nitrogen and oxygen atoms in total. The van der Waals surface area contributed by atoms with Crippen molar-refractivity contribution in [1.82, 2.24) is 0 Å². The van der Waals surface area contributed by atoms with Crippen molar-refractivity contribution in [3.05, 3.63) is 63.7 Å². The Morgan fingerprint density at radius 2 is 1.82 bits per heavy atom. The van der Waals surface area contributed by atoms with Crippen LogP contribution in [0.1, 0.15) is 5.56 Å². The molecule has 0 unspecified atom stereocenters. The van der Waals surface area contributed by atoms with Crippen molar-refractivity contribution in [3.8, 4) is 5.75 Å². The van der Waals surface area contributed by atoms with E-state index in [1.54, 1.807) is 0 Å². The molecule has 0 fully saturated rings. The zero-order valence-electron chi connectivity index (χ0n) is 11.1. The third kappa shape index (κ3) is 3.19. The molecule has 0 spiro atoms. The van der Waals surface area contributed by atoms with Crippen molar-refractivity contribution in [2.75, 3.05) is 0 Å². The largest absolute Gasteiger partial charge is 0.376 e. The van der Waals surface area contributed by atoms with E-state index in [-0.39, 0.29) is 5.56 Å². The fourth-order valence-electron chi connectivity index (χ4n) is 1.65. The molecule has 0 saturated carbocycles. The molecule has 0 radical (unpaired) electrons. The Kier molecular flexibility index (Phi) is 4.09. The maximum absolute atomic E-state index is 13.4. The molecule has 0 heterocycles. The Balaban J connectivity index is 2.42. The smallest absolute Gasteiger partial charge is 0.339 e. The van der Waals surface area contributed by atoms with Crippen LogP contribution in [0.3, 0.4) is 0 Å². The summed E-state index contributed by atoms with van der Waals surface area (Å²) in [6.07, 6.45) is 0. The second kappa shape index (κ2) is 5.68. The van der Waals surface area contributed by atoms with E-state index in [1.807, 2.05) is 0 Å². The van der Waals surface area contributed by atoms with E-state index in [2.05, 4.69) is 4.18 Å². The molecule has 0 N–H and O–H groups in total. The molecule has 2 rings (SSSR count). The Bertz CT molecular complexity index is 852. The molecule has 0 bridgehead atoms. The number of nitro benzene ring substituents is 1. The lowest BCUT2D eigenvalue weighted by molar-refractivity contribution is -0.385. The molecule has 2 aromatic carbocycles. The van der Waals surface area contributed by atoms with Crippen molar-refractivity contribution < 1.29 is 26.3 Å². The SMILES string of the molecule is Cc1ccc(S(=O)(=O)Oc2ccc(F)cc2F)cc1[N+](=O)[O-]. The van der Waals surface area contributed by atoms with Crippen LogP contribution in [0.2, 0.25) is 0 Å². The van der Waals surface area contributed by atoms with Gasteiger partial charge >= 0.3 is 10.1 Å². The highest BCUT2D eigenvalue weighted by molar-refractivity contribution is 7.87. The van der Waals surface area contributed by atoms with Crippen LogP contribution in [0.4, 0.5) is 14.5 Å². The van der Waals surface area contributed by atoms with E-state index in [1.165, 1.54) is 13.0 Å². The number of nitro groups is 1. The molecule has 0 aromatic heterocycles. The summed E-state index contributed by atoms with van der Waals surface area (Å²) in [5.41, 5.74) is -0.152. The van der Waals surface area contributed by atoms with E-state index in [0.717, 1.165) is 24.3 Å². The van der Waals surface area contributed by atoms with Crippen LogP contribution in [0, 0.1) is 28.7 Å². The Morgan fingerprint density at radius 3 is 2.41 bits per heavy atom. The molecule has 9 heteroatoms. The van der Waals surface area contributed by atoms with Crippen molar-refractivity contribution in [3.63, 3.8) is 0 Å². The minimum Gasteiger partial charge on any atom is -0.376 e. The third-order valence-corrected chi connectivity index (χ3v) is 3.99. The first-order chi connectivity index (χ1) is 10.2. The van der Waals surface area contributed by atoms with E-state index in [0.29, 0.717) is 6.07 Å². The van der Waals surface area contributed by atoms with Gasteiger partial charge in [0.15, 0.2) is 11.6 Å². The van der Waals surface area contributed by atoms with Gasteiger partial charge in [0.2, 0.25) is 0 Å². The summed E-state index contributed by atoms with van der Waals surface area (Å²) >= 11 is 0. The fourth-order valence-corrected chi connectivity index (χ4v) is 2.61. The minimum absolute atomic E-state index is 0.261. The molecular formula is C13H9F2NO5S. The second-order valence-corrected chi connectivity index (χ2v) is 5.86. The molecule has 0 aliphatic rings. The van der Waals surface area contributed by atoms with E-state index in [9.17, 15) is 27.3 Å². The number of aryl methyl sites for hydroxylation is 1. The van der Waals surface area contributed by atoms with E-state index >= 15 is 0 Å². The van der Waals surface area contributed by atoms with Crippen LogP contribution in [0.15, 0.2) is 41.3 Å². The van der Waals surface area contributed by atoms with Crippen molar-refractivity contribution in [2.24, 2.45) is 0 Å². The summed E-state index contributed by atoms with van der Waals surface area (Å²) in [7, 11) is -4.49. The molecule has 22 heavy (non-hydrogen) atoms. The van der Waals surface area contributed by atoms with Gasteiger partial charge in [0, 0.05) is 17.7 Å². The Morgan fingerprint density at radius 1 is 1.14 bits per heavy atom. The van der Waals surface area contributed by atoms with Crippen LogP contribution in [0.25, 0.3) is 0 Å². The maximum atomic E-state index is 13.4. The zero-order chi connectivity index (χ0) is 16.5. The molecule has 2 aromatic rings. The molecule has 0 aliphatic carbocycles. The maximum Gasteiger partial charge on any atom is 0.339 e. The quantitative estimate of drug-likeness (QED) is 0.489. The number of halogens is 2. The van der Waals surface area contributed by atoms with Gasteiger partial charge in [0.05, 0.1) is 4.92 Å². The van der Waals surface area contributed by atoms with Gasteiger partial charge in [-0.05, 0) is 25.1 Å². The van der Waals surface area contributed by atoms with Gasteiger partial charge in [0.25, 0.3) is 5.69 Å². The molecular weight excluding hydrogens is 320 g/mol. The topological polar surface area (TPSA) is 86.5 Å². The van der Waals surface area contributed by atoms with Gasteiger partial charge in [-0.15, -0.1) is 0 Å². The molecule has 0 amide bonds. The summed E-state index contributed by atoms with van der Waals surface area (Å²) < 4.78 is 54.8. The van der Waals surface area contributed by atoms with Crippen molar-refractivity contribution in [2.45, 2.75) is 11.8 Å². The standard InChI is InChI=1S/C13H9F2NO5S/c1-8-2-4-10(7-12(8)16(17)18)22(19,20)21-13-5-3-9(14)6-11(13)15/h2-7H,1H3. The second-order valence-electron chi connectivity index (χ2n) is 4.32. The first-order valence-corrected chi connectivity index (χ1v) is 7.26. The lowest BCUT2D eigenvalue weighted by Gasteiger charge is -2.08. The van der Waals surface area contributed by atoms with E-state index < -0.39 is 43.0 Å². The number of hydrogen-bond donors (Lipinski definition) is 0. The number of nitrogens with zero attached hydrogens (tertiary/aromatic N) is 1. The monoisotopic (exact) mass is 329 g/mol. The highest BCUT2D eigenvalue weighted by atomic mass is 32.2. The highest BCUT2D eigenvalue weighted by Gasteiger charge is 2.23. The minimum atomic E-state index is -4.49. The third-order valence-electron chi connectivity index (χ3n) is 2.76. The van der Waals surface area contributed by atoms with Crippen molar-refractivity contribution in [1.29, 1.82) is 0 Å². The van der Waals surface area contributed by atoms with Crippen molar-refractivity contribution >= 4 is 15.8 Å². The number of hydrogen-bond acceptors (Lipinski definition) is 5. The molecule has 0 saturated heterocycles. The zero-order valence-corrected chi connectivity index (χ0v) is 11.9. The lowest BCUT2D eigenvalue weighted by atomic mass is 10.2. The number of benzene rings is 2. The molecule has 0 aliphatic heterocycles. The normalized spacial score (nSPS) is 11.2. The molecule has 0 atom stereocenters. The van der Waals surface area contributed by atoms with Gasteiger partial charge in [0.1, 0.15) is 10.7 Å². The van der Waals surface area contributed by atoms with Crippen LogP contribution in [-0.2, 0) is 10.1 Å². The van der Waals surface area contributed by atoms with Crippen LogP contribution >= 0.6 is 0 Å². The number of rotatable bonds is 4. The van der Waals surface area contributed by atoms with Gasteiger partial charge in [-0.25, -0.2) is 8.78 Å². The van der Waals surface area contributed by atoms with E-state index in [4.69, 9.17) is 0 Å². The van der Waals surface area contributed by atoms with Crippen LogP contribution < -0.4 is 4.18 Å². The van der Waals surface area contributed by atoms with Crippen LogP contribution in [0.5, 0.6) is 5.75 Å². The fraction of sp³-hybridized carbons (Fsp3) is 0.0769. The summed E-state index contributed by atoms with van der Waals surface area (Å²) in [5.74, 6) is -2.80. The Labute approximate surface area is 124 Å². The van der Waals surface area contributed by atoms with Gasteiger partial charge in [-0.2, -0.15) is 8.42 Å². The van der Waals surface area contributed by atoms with Gasteiger partial charge in [-0.3, -0.25) is 10.1 Å². The van der Waals surface area contributed by atoms with Gasteiger partial charge < -0.3 is 4.18 Å². The predicted octanol–water partition coefficient (Wildman–Crippen LogP) is 2.95. The highest BCUT2D eigenvalue weighted by Crippen LogP contribution is 2.26. The summed E-state index contributed by atoms with van der Waals surface area (Å²) in [6.45, 7) is 1.44.